The predicted octanol–water partition coefficient (Wildman–Crippen LogP) is 3.17. The van der Waals surface area contributed by atoms with Gasteiger partial charge in [0.2, 0.25) is 0 Å². The highest BCUT2D eigenvalue weighted by Gasteiger charge is 2.29. The molecule has 3 N–H and O–H groups in total. The summed E-state index contributed by atoms with van der Waals surface area (Å²) in [6.45, 7) is 2.43. The number of para-hydroxylation sites is 1. The highest BCUT2D eigenvalue weighted by atomic mass is 19.1. The van der Waals surface area contributed by atoms with Crippen LogP contribution in [0.5, 0.6) is 5.75 Å². The Kier molecular flexibility index (Phi) is 5.82. The highest BCUT2D eigenvalue weighted by Crippen LogP contribution is 2.39. The van der Waals surface area contributed by atoms with Crippen LogP contribution < -0.4 is 20.7 Å². The van der Waals surface area contributed by atoms with E-state index in [1.165, 1.54) is 13.2 Å². The standard InChI is InChI=1S/C23H25FN6O3/c1-32-22-16(24)5-2-6-17(22)28-20-19(29-30-10-9-26-23(31)21(20)30)15-7-8-25-13-18(15)27-12-14-4-3-11-33-14/h2,5-8,13-14,27-28H,3-4,9-12H2,1H3,(H,26,31)/t14-/m0/s1. The van der Waals surface area contributed by atoms with E-state index < -0.39 is 5.82 Å². The Hall–Kier alpha value is -3.66. The predicted molar refractivity (Wildman–Crippen MR) is 121 cm³/mol. The van der Waals surface area contributed by atoms with E-state index in [4.69, 9.17) is 14.6 Å². The normalized spacial score (nSPS) is 17.4. The zero-order valence-electron chi connectivity index (χ0n) is 18.2. The van der Waals surface area contributed by atoms with Crippen molar-refractivity contribution in [3.05, 3.63) is 48.2 Å². The van der Waals surface area contributed by atoms with E-state index in [0.29, 0.717) is 42.4 Å². The molecule has 0 saturated carbocycles. The van der Waals surface area contributed by atoms with E-state index in [1.807, 2.05) is 6.07 Å². The molecule has 0 unspecified atom stereocenters. The summed E-state index contributed by atoms with van der Waals surface area (Å²) >= 11 is 0. The number of hydrogen-bond acceptors (Lipinski definition) is 7. The first-order valence-electron chi connectivity index (χ1n) is 10.9. The summed E-state index contributed by atoms with van der Waals surface area (Å²) in [5, 5.41) is 14.2. The van der Waals surface area contributed by atoms with Crippen LogP contribution >= 0.6 is 0 Å². The van der Waals surface area contributed by atoms with Crippen molar-refractivity contribution < 1.29 is 18.7 Å². The second-order valence-electron chi connectivity index (χ2n) is 7.93. The number of rotatable bonds is 7. The number of benzene rings is 1. The van der Waals surface area contributed by atoms with Crippen LogP contribution in [0.4, 0.5) is 21.5 Å². The summed E-state index contributed by atoms with van der Waals surface area (Å²) in [7, 11) is 1.40. The Labute approximate surface area is 190 Å². The molecule has 1 saturated heterocycles. The number of carbonyl (C=O) groups excluding carboxylic acids is 1. The number of fused-ring (bicyclic) bond motifs is 1. The lowest BCUT2D eigenvalue weighted by Gasteiger charge is -2.17. The first kappa shape index (κ1) is 21.2. The zero-order valence-corrected chi connectivity index (χ0v) is 18.2. The number of carbonyl (C=O) groups is 1. The molecule has 2 aromatic heterocycles. The van der Waals surface area contributed by atoms with Gasteiger partial charge < -0.3 is 25.4 Å². The van der Waals surface area contributed by atoms with Gasteiger partial charge in [0.1, 0.15) is 11.4 Å². The minimum Gasteiger partial charge on any atom is -0.492 e. The molecule has 1 aromatic carbocycles. The smallest absolute Gasteiger partial charge is 0.271 e. The first-order valence-corrected chi connectivity index (χ1v) is 10.9. The topological polar surface area (TPSA) is 102 Å². The van der Waals surface area contributed by atoms with Crippen LogP contribution in [-0.4, -0.2) is 53.6 Å². The minimum atomic E-state index is -0.502. The Balaban J connectivity index is 1.58. The summed E-state index contributed by atoms with van der Waals surface area (Å²) in [6, 6.07) is 6.44. The van der Waals surface area contributed by atoms with Crippen molar-refractivity contribution in [2.45, 2.75) is 25.5 Å². The molecule has 2 aliphatic rings. The van der Waals surface area contributed by atoms with Crippen molar-refractivity contribution in [1.29, 1.82) is 0 Å². The van der Waals surface area contributed by atoms with Crippen molar-refractivity contribution in [1.82, 2.24) is 20.1 Å². The van der Waals surface area contributed by atoms with E-state index >= 15 is 0 Å². The largest absolute Gasteiger partial charge is 0.492 e. The number of aromatic nitrogens is 3. The number of anilines is 3. The molecule has 33 heavy (non-hydrogen) atoms. The van der Waals surface area contributed by atoms with Crippen LogP contribution in [0.15, 0.2) is 36.7 Å². The lowest BCUT2D eigenvalue weighted by Crippen LogP contribution is -2.35. The van der Waals surface area contributed by atoms with Crippen molar-refractivity contribution >= 4 is 23.0 Å². The number of amides is 1. The number of methoxy groups -OCH3 is 1. The van der Waals surface area contributed by atoms with Crippen molar-refractivity contribution in [3.8, 4) is 17.0 Å². The fourth-order valence-electron chi connectivity index (χ4n) is 4.24. The van der Waals surface area contributed by atoms with E-state index in [-0.39, 0.29) is 17.8 Å². The average molecular weight is 452 g/mol. The molecular weight excluding hydrogens is 427 g/mol. The van der Waals surface area contributed by atoms with E-state index in [0.717, 1.165) is 30.7 Å². The maximum atomic E-state index is 14.3. The van der Waals surface area contributed by atoms with Gasteiger partial charge in [-0.15, -0.1) is 0 Å². The van der Waals surface area contributed by atoms with Gasteiger partial charge in [0.15, 0.2) is 11.6 Å². The van der Waals surface area contributed by atoms with Gasteiger partial charge in [-0.3, -0.25) is 14.5 Å². The summed E-state index contributed by atoms with van der Waals surface area (Å²) in [4.78, 5) is 17.0. The molecular formula is C23H25FN6O3. The molecule has 4 heterocycles. The Morgan fingerprint density at radius 3 is 3.06 bits per heavy atom. The second-order valence-corrected chi connectivity index (χ2v) is 7.93. The highest BCUT2D eigenvalue weighted by molar-refractivity contribution is 6.03. The quantitative estimate of drug-likeness (QED) is 0.506. The van der Waals surface area contributed by atoms with Gasteiger partial charge in [-0.25, -0.2) is 4.39 Å². The first-order chi connectivity index (χ1) is 16.2. The lowest BCUT2D eigenvalue weighted by atomic mass is 10.1. The number of halogens is 1. The zero-order chi connectivity index (χ0) is 22.8. The molecule has 1 atom stereocenters. The number of pyridine rings is 1. The third-order valence-electron chi connectivity index (χ3n) is 5.83. The van der Waals surface area contributed by atoms with Gasteiger partial charge in [-0.05, 0) is 31.0 Å². The SMILES string of the molecule is COc1c(F)cccc1Nc1c(-c2ccncc2NC[C@@H]2CCCO2)nn2c1C(=O)NCC2. The number of ether oxygens (including phenoxy) is 2. The van der Waals surface area contributed by atoms with E-state index in [9.17, 15) is 9.18 Å². The number of nitrogens with zero attached hydrogens (tertiary/aromatic N) is 3. The molecule has 1 amide bonds. The monoisotopic (exact) mass is 452 g/mol. The number of hydrogen-bond donors (Lipinski definition) is 3. The molecule has 9 nitrogen and oxygen atoms in total. The Morgan fingerprint density at radius 1 is 1.33 bits per heavy atom. The van der Waals surface area contributed by atoms with Gasteiger partial charge in [-0.1, -0.05) is 6.07 Å². The Morgan fingerprint density at radius 2 is 2.24 bits per heavy atom. The van der Waals surface area contributed by atoms with Gasteiger partial charge in [0.05, 0.1) is 43.0 Å². The van der Waals surface area contributed by atoms with Crippen LogP contribution in [-0.2, 0) is 11.3 Å². The van der Waals surface area contributed by atoms with Gasteiger partial charge in [0.25, 0.3) is 5.91 Å². The molecule has 5 rings (SSSR count). The molecule has 0 spiro atoms. The number of nitrogens with one attached hydrogen (secondary N) is 3. The van der Waals surface area contributed by atoms with E-state index in [2.05, 4.69) is 20.9 Å². The van der Waals surface area contributed by atoms with Crippen LogP contribution in [0.1, 0.15) is 23.3 Å². The molecule has 10 heteroatoms. The third-order valence-corrected chi connectivity index (χ3v) is 5.83. The molecule has 1 fully saturated rings. The molecule has 172 valence electrons. The fourth-order valence-corrected chi connectivity index (χ4v) is 4.24. The summed E-state index contributed by atoms with van der Waals surface area (Å²) in [5.74, 6) is -0.691. The maximum absolute atomic E-state index is 14.3. The van der Waals surface area contributed by atoms with Crippen molar-refractivity contribution in [2.75, 3.05) is 37.4 Å². The minimum absolute atomic E-state index is 0.0612. The molecule has 2 aliphatic heterocycles. The van der Waals surface area contributed by atoms with Crippen molar-refractivity contribution in [2.24, 2.45) is 0 Å². The van der Waals surface area contributed by atoms with Crippen LogP contribution in [0.2, 0.25) is 0 Å². The van der Waals surface area contributed by atoms with Gasteiger partial charge >= 0.3 is 0 Å². The van der Waals surface area contributed by atoms with Gasteiger partial charge in [-0.2, -0.15) is 5.10 Å². The van der Waals surface area contributed by atoms with Gasteiger partial charge in [0, 0.05) is 31.5 Å². The summed E-state index contributed by atoms with van der Waals surface area (Å²) in [6.07, 6.45) is 5.62. The molecule has 0 bridgehead atoms. The fraction of sp³-hybridized carbons (Fsp3) is 0.348. The summed E-state index contributed by atoms with van der Waals surface area (Å²) < 4.78 is 27.0. The van der Waals surface area contributed by atoms with Crippen LogP contribution in [0.25, 0.3) is 11.3 Å². The molecule has 0 radical (unpaired) electrons. The third kappa shape index (κ3) is 4.09. The molecule has 0 aliphatic carbocycles. The Bertz CT molecular complexity index is 1170. The lowest BCUT2D eigenvalue weighted by molar-refractivity contribution is 0.0925. The maximum Gasteiger partial charge on any atom is 0.271 e. The van der Waals surface area contributed by atoms with Crippen LogP contribution in [0, 0.1) is 5.82 Å². The molecule has 3 aromatic rings. The second kappa shape index (κ2) is 9.07. The summed E-state index contributed by atoms with van der Waals surface area (Å²) in [5.41, 5.74) is 3.36. The van der Waals surface area contributed by atoms with Crippen molar-refractivity contribution in [3.63, 3.8) is 0 Å². The van der Waals surface area contributed by atoms with E-state index in [1.54, 1.807) is 29.2 Å². The average Bonchev–Trinajstić information content (AvgIpc) is 3.47. The van der Waals surface area contributed by atoms with Crippen LogP contribution in [0.3, 0.4) is 0 Å².